The van der Waals surface area contributed by atoms with Crippen LogP contribution in [0.3, 0.4) is 0 Å². The van der Waals surface area contributed by atoms with Crippen LogP contribution in [0.5, 0.6) is 0 Å². The Balaban J connectivity index is 1.71. The molecule has 5 heteroatoms. The lowest BCUT2D eigenvalue weighted by Gasteiger charge is -2.02. The van der Waals surface area contributed by atoms with E-state index in [-0.39, 0.29) is 11.7 Å². The fraction of sp³-hybridized carbons (Fsp3) is 0.125. The zero-order valence-electron chi connectivity index (χ0n) is 11.5. The largest absolute Gasteiger partial charge is 0.346 e. The molecule has 2 heterocycles. The first kappa shape index (κ1) is 13.3. The quantitative estimate of drug-likeness (QED) is 0.803. The van der Waals surface area contributed by atoms with E-state index in [1.165, 1.54) is 24.3 Å². The van der Waals surface area contributed by atoms with Crippen LogP contribution in [0.25, 0.3) is 5.65 Å². The van der Waals surface area contributed by atoms with Gasteiger partial charge in [0.1, 0.15) is 11.5 Å². The molecule has 0 aliphatic carbocycles. The number of hydrogen-bond acceptors (Lipinski definition) is 2. The standard InChI is InChI=1S/C16H14FN3O/c1-11-6-7-20-10-14(19-15(20)8-11)9-18-16(21)12-2-4-13(17)5-3-12/h2-8,10H,9H2,1H3,(H,18,21). The number of halogens is 1. The summed E-state index contributed by atoms with van der Waals surface area (Å²) in [5, 5.41) is 2.77. The van der Waals surface area contributed by atoms with Gasteiger partial charge >= 0.3 is 0 Å². The Bertz CT molecular complexity index is 793. The van der Waals surface area contributed by atoms with E-state index in [1.807, 2.05) is 35.9 Å². The van der Waals surface area contributed by atoms with Crippen LogP contribution in [0, 0.1) is 12.7 Å². The van der Waals surface area contributed by atoms with Crippen LogP contribution < -0.4 is 5.32 Å². The Morgan fingerprint density at radius 3 is 2.81 bits per heavy atom. The molecule has 0 spiro atoms. The number of aromatic nitrogens is 2. The molecule has 1 aromatic carbocycles. The molecule has 2 aromatic heterocycles. The van der Waals surface area contributed by atoms with Crippen molar-refractivity contribution in [3.05, 3.63) is 71.4 Å². The lowest BCUT2D eigenvalue weighted by molar-refractivity contribution is 0.0950. The van der Waals surface area contributed by atoms with E-state index < -0.39 is 0 Å². The number of fused-ring (bicyclic) bond motifs is 1. The van der Waals surface area contributed by atoms with E-state index in [0.29, 0.717) is 12.1 Å². The molecule has 1 N–H and O–H groups in total. The summed E-state index contributed by atoms with van der Waals surface area (Å²) in [6, 6.07) is 9.42. The van der Waals surface area contributed by atoms with Gasteiger partial charge in [-0.2, -0.15) is 0 Å². The Labute approximate surface area is 121 Å². The third kappa shape index (κ3) is 2.91. The van der Waals surface area contributed by atoms with Crippen LogP contribution in [-0.4, -0.2) is 15.3 Å². The number of carbonyl (C=O) groups excluding carboxylic acids is 1. The molecule has 0 aliphatic rings. The monoisotopic (exact) mass is 283 g/mol. The molecule has 106 valence electrons. The van der Waals surface area contributed by atoms with Crippen molar-refractivity contribution in [1.29, 1.82) is 0 Å². The van der Waals surface area contributed by atoms with E-state index in [9.17, 15) is 9.18 Å². The number of amides is 1. The van der Waals surface area contributed by atoms with Crippen LogP contribution in [-0.2, 0) is 6.54 Å². The SMILES string of the molecule is Cc1ccn2cc(CNC(=O)c3ccc(F)cc3)nc2c1. The second-order valence-electron chi connectivity index (χ2n) is 4.89. The van der Waals surface area contributed by atoms with Gasteiger partial charge in [0, 0.05) is 18.0 Å². The number of pyridine rings is 1. The number of hydrogen-bond donors (Lipinski definition) is 1. The maximum atomic E-state index is 12.8. The minimum atomic E-state index is -0.359. The lowest BCUT2D eigenvalue weighted by atomic mass is 10.2. The van der Waals surface area contributed by atoms with Crippen molar-refractivity contribution in [3.63, 3.8) is 0 Å². The molecule has 0 bridgehead atoms. The molecular weight excluding hydrogens is 269 g/mol. The highest BCUT2D eigenvalue weighted by Crippen LogP contribution is 2.08. The summed E-state index contributed by atoms with van der Waals surface area (Å²) >= 11 is 0. The third-order valence-electron chi connectivity index (χ3n) is 3.20. The van der Waals surface area contributed by atoms with Crippen LogP contribution in [0.2, 0.25) is 0 Å². The summed E-state index contributed by atoms with van der Waals surface area (Å²) in [7, 11) is 0. The van der Waals surface area contributed by atoms with Gasteiger partial charge in [0.25, 0.3) is 5.91 Å². The van der Waals surface area contributed by atoms with E-state index in [2.05, 4.69) is 10.3 Å². The molecule has 3 aromatic rings. The Morgan fingerprint density at radius 2 is 2.05 bits per heavy atom. The smallest absolute Gasteiger partial charge is 0.251 e. The number of imidazole rings is 1. The van der Waals surface area contributed by atoms with Gasteiger partial charge in [-0.1, -0.05) is 0 Å². The number of carbonyl (C=O) groups is 1. The van der Waals surface area contributed by atoms with Crippen LogP contribution in [0.4, 0.5) is 4.39 Å². The molecule has 0 unspecified atom stereocenters. The first-order chi connectivity index (χ1) is 10.1. The second kappa shape index (κ2) is 5.36. The average molecular weight is 283 g/mol. The van der Waals surface area contributed by atoms with Gasteiger partial charge in [0.2, 0.25) is 0 Å². The summed E-state index contributed by atoms with van der Waals surface area (Å²) in [5.74, 6) is -0.606. The van der Waals surface area contributed by atoms with Crippen molar-refractivity contribution in [2.45, 2.75) is 13.5 Å². The summed E-state index contributed by atoms with van der Waals surface area (Å²) in [5.41, 5.74) is 3.18. The average Bonchev–Trinajstić information content (AvgIpc) is 2.87. The number of aryl methyl sites for hydroxylation is 1. The van der Waals surface area contributed by atoms with Gasteiger partial charge in [0.05, 0.1) is 12.2 Å². The maximum Gasteiger partial charge on any atom is 0.251 e. The maximum absolute atomic E-state index is 12.8. The van der Waals surface area contributed by atoms with Gasteiger partial charge in [-0.3, -0.25) is 4.79 Å². The van der Waals surface area contributed by atoms with Gasteiger partial charge in [-0.25, -0.2) is 9.37 Å². The van der Waals surface area contributed by atoms with Gasteiger partial charge in [-0.15, -0.1) is 0 Å². The highest BCUT2D eigenvalue weighted by Gasteiger charge is 2.07. The molecule has 3 rings (SSSR count). The van der Waals surface area contributed by atoms with E-state index in [0.717, 1.165) is 16.9 Å². The summed E-state index contributed by atoms with van der Waals surface area (Å²) in [4.78, 5) is 16.4. The molecule has 1 amide bonds. The Kier molecular flexibility index (Phi) is 3.39. The number of nitrogens with zero attached hydrogens (tertiary/aromatic N) is 2. The first-order valence-electron chi connectivity index (χ1n) is 6.60. The zero-order valence-corrected chi connectivity index (χ0v) is 11.5. The number of nitrogens with one attached hydrogen (secondary N) is 1. The predicted molar refractivity (Wildman–Crippen MR) is 77.5 cm³/mol. The van der Waals surface area contributed by atoms with Crippen molar-refractivity contribution in [3.8, 4) is 0 Å². The van der Waals surface area contributed by atoms with Gasteiger partial charge in [-0.05, 0) is 48.9 Å². The molecule has 0 saturated heterocycles. The van der Waals surface area contributed by atoms with Crippen molar-refractivity contribution >= 4 is 11.6 Å². The number of benzene rings is 1. The van der Waals surface area contributed by atoms with E-state index >= 15 is 0 Å². The highest BCUT2D eigenvalue weighted by molar-refractivity contribution is 5.94. The Hall–Kier alpha value is -2.69. The minimum absolute atomic E-state index is 0.247. The van der Waals surface area contributed by atoms with E-state index in [4.69, 9.17) is 0 Å². The molecule has 0 fully saturated rings. The summed E-state index contributed by atoms with van der Waals surface area (Å²) in [6.45, 7) is 2.33. The predicted octanol–water partition coefficient (Wildman–Crippen LogP) is 2.71. The second-order valence-corrected chi connectivity index (χ2v) is 4.89. The van der Waals surface area contributed by atoms with Crippen molar-refractivity contribution in [2.75, 3.05) is 0 Å². The van der Waals surface area contributed by atoms with Crippen molar-refractivity contribution < 1.29 is 9.18 Å². The lowest BCUT2D eigenvalue weighted by Crippen LogP contribution is -2.22. The topological polar surface area (TPSA) is 46.4 Å². The normalized spacial score (nSPS) is 10.8. The third-order valence-corrected chi connectivity index (χ3v) is 3.20. The molecule has 21 heavy (non-hydrogen) atoms. The van der Waals surface area contributed by atoms with E-state index in [1.54, 1.807) is 0 Å². The summed E-state index contributed by atoms with van der Waals surface area (Å²) in [6.07, 6.45) is 3.81. The van der Waals surface area contributed by atoms with Gasteiger partial charge in [0.15, 0.2) is 0 Å². The minimum Gasteiger partial charge on any atom is -0.346 e. The molecule has 0 saturated carbocycles. The molecule has 4 nitrogen and oxygen atoms in total. The molecular formula is C16H14FN3O. The van der Waals surface area contributed by atoms with Crippen molar-refractivity contribution in [2.24, 2.45) is 0 Å². The number of rotatable bonds is 3. The van der Waals surface area contributed by atoms with Gasteiger partial charge < -0.3 is 9.72 Å². The first-order valence-corrected chi connectivity index (χ1v) is 6.60. The zero-order chi connectivity index (χ0) is 14.8. The van der Waals surface area contributed by atoms with Crippen molar-refractivity contribution in [1.82, 2.24) is 14.7 Å². The fourth-order valence-electron chi connectivity index (χ4n) is 2.10. The summed E-state index contributed by atoms with van der Waals surface area (Å²) < 4.78 is 14.7. The van der Waals surface area contributed by atoms with Crippen LogP contribution in [0.1, 0.15) is 21.6 Å². The van der Waals surface area contributed by atoms with Crippen LogP contribution in [0.15, 0.2) is 48.8 Å². The highest BCUT2D eigenvalue weighted by atomic mass is 19.1. The molecule has 0 aliphatic heterocycles. The Morgan fingerprint density at radius 1 is 1.29 bits per heavy atom. The fourth-order valence-corrected chi connectivity index (χ4v) is 2.10. The van der Waals surface area contributed by atoms with Crippen LogP contribution >= 0.6 is 0 Å². The molecule has 0 atom stereocenters. The molecule has 0 radical (unpaired) electrons.